The number of fused-ring (bicyclic) bond motifs is 1. The standard InChI is InChI=1S/C15H14F2N4O3/c1-18-15(23)13-11-6(5-9(22)19-14(11)21-20-13)10-8(24-2)4-3-7(16)12(10)17/h3-4,6H,5H2,1-2H3,(H,18,23)(H2,19,20,21,22). The third-order valence-corrected chi connectivity index (χ3v) is 3.91. The highest BCUT2D eigenvalue weighted by Gasteiger charge is 2.37. The van der Waals surface area contributed by atoms with Crippen molar-refractivity contribution >= 4 is 17.6 Å². The largest absolute Gasteiger partial charge is 0.496 e. The summed E-state index contributed by atoms with van der Waals surface area (Å²) in [6.45, 7) is 0. The minimum atomic E-state index is -1.12. The van der Waals surface area contributed by atoms with E-state index in [-0.39, 0.29) is 34.8 Å². The average molecular weight is 336 g/mol. The number of hydrogen-bond donors (Lipinski definition) is 3. The Bertz CT molecular complexity index is 834. The van der Waals surface area contributed by atoms with Crippen LogP contribution in [0.4, 0.5) is 14.6 Å². The molecule has 9 heteroatoms. The van der Waals surface area contributed by atoms with Crippen molar-refractivity contribution in [1.82, 2.24) is 15.5 Å². The number of aromatic nitrogens is 2. The van der Waals surface area contributed by atoms with Crippen LogP contribution in [0.15, 0.2) is 12.1 Å². The first kappa shape index (κ1) is 15.9. The predicted octanol–water partition coefficient (Wildman–Crippen LogP) is 1.53. The molecule has 0 bridgehead atoms. The molecule has 2 aromatic rings. The number of nitrogens with one attached hydrogen (secondary N) is 3. The average Bonchev–Trinajstić information content (AvgIpc) is 2.99. The van der Waals surface area contributed by atoms with E-state index in [9.17, 15) is 18.4 Å². The molecule has 0 saturated carbocycles. The second kappa shape index (κ2) is 5.91. The zero-order valence-corrected chi connectivity index (χ0v) is 12.9. The number of halogens is 2. The Kier molecular flexibility index (Phi) is 3.92. The Labute approximate surface area is 135 Å². The van der Waals surface area contributed by atoms with Gasteiger partial charge in [0.05, 0.1) is 7.11 Å². The summed E-state index contributed by atoms with van der Waals surface area (Å²) in [6.07, 6.45) is -0.173. The topological polar surface area (TPSA) is 96.1 Å². The molecule has 3 N–H and O–H groups in total. The van der Waals surface area contributed by atoms with Gasteiger partial charge in [0, 0.05) is 30.5 Å². The molecule has 1 aliphatic heterocycles. The first-order valence-corrected chi connectivity index (χ1v) is 7.10. The van der Waals surface area contributed by atoms with Crippen molar-refractivity contribution in [3.05, 3.63) is 40.6 Å². The van der Waals surface area contributed by atoms with E-state index in [0.717, 1.165) is 6.07 Å². The molecule has 0 radical (unpaired) electrons. The molecule has 0 aliphatic carbocycles. The molecule has 1 unspecified atom stereocenters. The van der Waals surface area contributed by atoms with Crippen molar-refractivity contribution in [3.63, 3.8) is 0 Å². The van der Waals surface area contributed by atoms with Crippen molar-refractivity contribution in [2.75, 3.05) is 19.5 Å². The van der Waals surface area contributed by atoms with E-state index in [0.29, 0.717) is 0 Å². The van der Waals surface area contributed by atoms with Gasteiger partial charge in [0.2, 0.25) is 5.91 Å². The van der Waals surface area contributed by atoms with Gasteiger partial charge in [0.25, 0.3) is 5.91 Å². The third kappa shape index (κ3) is 2.38. The van der Waals surface area contributed by atoms with E-state index >= 15 is 0 Å². The van der Waals surface area contributed by atoms with Gasteiger partial charge in [0.15, 0.2) is 17.5 Å². The van der Waals surface area contributed by atoms with E-state index in [4.69, 9.17) is 4.74 Å². The summed E-state index contributed by atoms with van der Waals surface area (Å²) in [5.74, 6) is -3.81. The van der Waals surface area contributed by atoms with Gasteiger partial charge >= 0.3 is 0 Å². The third-order valence-electron chi connectivity index (χ3n) is 3.91. The zero-order chi connectivity index (χ0) is 17.4. The van der Waals surface area contributed by atoms with Crippen molar-refractivity contribution in [3.8, 4) is 5.75 Å². The molecule has 7 nitrogen and oxygen atoms in total. The van der Waals surface area contributed by atoms with Crippen LogP contribution < -0.4 is 15.4 Å². The van der Waals surface area contributed by atoms with Gasteiger partial charge in [-0.25, -0.2) is 8.78 Å². The monoisotopic (exact) mass is 336 g/mol. The lowest BCUT2D eigenvalue weighted by Crippen LogP contribution is -2.27. The summed E-state index contributed by atoms with van der Waals surface area (Å²) in [4.78, 5) is 23.9. The smallest absolute Gasteiger partial charge is 0.269 e. The number of carbonyl (C=O) groups excluding carboxylic acids is 2. The molecule has 1 aromatic heterocycles. The van der Waals surface area contributed by atoms with Crippen LogP contribution in [0.5, 0.6) is 5.75 Å². The number of aromatic amines is 1. The molecule has 2 amide bonds. The van der Waals surface area contributed by atoms with Gasteiger partial charge in [-0.05, 0) is 12.1 Å². The zero-order valence-electron chi connectivity index (χ0n) is 12.9. The van der Waals surface area contributed by atoms with Gasteiger partial charge in [-0.3, -0.25) is 14.7 Å². The fourth-order valence-corrected chi connectivity index (χ4v) is 2.85. The van der Waals surface area contributed by atoms with Crippen molar-refractivity contribution in [2.45, 2.75) is 12.3 Å². The Morgan fingerprint density at radius 1 is 1.38 bits per heavy atom. The molecule has 1 aromatic carbocycles. The van der Waals surface area contributed by atoms with Crippen LogP contribution in [0.2, 0.25) is 0 Å². The van der Waals surface area contributed by atoms with Crippen LogP contribution in [0, 0.1) is 11.6 Å². The maximum absolute atomic E-state index is 14.5. The number of carbonyl (C=O) groups is 2. The van der Waals surface area contributed by atoms with Gasteiger partial charge < -0.3 is 15.4 Å². The normalized spacial score (nSPS) is 16.3. The molecule has 2 heterocycles. The number of rotatable bonds is 3. The lowest BCUT2D eigenvalue weighted by Gasteiger charge is -2.25. The van der Waals surface area contributed by atoms with Crippen LogP contribution >= 0.6 is 0 Å². The highest BCUT2D eigenvalue weighted by Crippen LogP contribution is 2.43. The van der Waals surface area contributed by atoms with E-state index in [1.165, 1.54) is 20.2 Å². The number of ether oxygens (including phenoxy) is 1. The molecule has 0 saturated heterocycles. The number of hydrogen-bond acceptors (Lipinski definition) is 4. The number of nitrogens with zero attached hydrogens (tertiary/aromatic N) is 1. The number of H-pyrrole nitrogens is 1. The Hall–Kier alpha value is -2.97. The molecule has 0 spiro atoms. The van der Waals surface area contributed by atoms with E-state index in [1.807, 2.05) is 0 Å². The molecule has 1 aliphatic rings. The quantitative estimate of drug-likeness (QED) is 0.792. The number of anilines is 1. The molecular formula is C15H14F2N4O3. The Morgan fingerprint density at radius 3 is 2.79 bits per heavy atom. The molecule has 3 rings (SSSR count). The van der Waals surface area contributed by atoms with Crippen LogP contribution in [-0.2, 0) is 4.79 Å². The number of benzene rings is 1. The molecule has 24 heavy (non-hydrogen) atoms. The number of methoxy groups -OCH3 is 1. The van der Waals surface area contributed by atoms with Crippen molar-refractivity contribution in [2.24, 2.45) is 0 Å². The van der Waals surface area contributed by atoms with Gasteiger partial charge in [-0.2, -0.15) is 5.10 Å². The molecule has 126 valence electrons. The first-order valence-electron chi connectivity index (χ1n) is 7.10. The summed E-state index contributed by atoms with van der Waals surface area (Å²) in [5.41, 5.74) is 0.236. The summed E-state index contributed by atoms with van der Waals surface area (Å²) in [5, 5.41) is 11.4. The minimum absolute atomic E-state index is 0.0724. The summed E-state index contributed by atoms with van der Waals surface area (Å²) in [6, 6.07) is 2.22. The highest BCUT2D eigenvalue weighted by atomic mass is 19.2. The van der Waals surface area contributed by atoms with Crippen LogP contribution in [0.1, 0.15) is 34.0 Å². The second-order valence-electron chi connectivity index (χ2n) is 5.22. The number of amides is 2. The lowest BCUT2D eigenvalue weighted by molar-refractivity contribution is -0.116. The highest BCUT2D eigenvalue weighted by molar-refractivity contribution is 6.00. The Morgan fingerprint density at radius 2 is 2.12 bits per heavy atom. The lowest BCUT2D eigenvalue weighted by atomic mass is 9.84. The van der Waals surface area contributed by atoms with Gasteiger partial charge in [-0.1, -0.05) is 0 Å². The van der Waals surface area contributed by atoms with E-state index in [2.05, 4.69) is 20.8 Å². The minimum Gasteiger partial charge on any atom is -0.496 e. The maximum Gasteiger partial charge on any atom is 0.269 e. The second-order valence-corrected chi connectivity index (χ2v) is 5.22. The molecule has 0 fully saturated rings. The first-order chi connectivity index (χ1) is 11.5. The van der Waals surface area contributed by atoms with E-state index < -0.39 is 29.4 Å². The van der Waals surface area contributed by atoms with Crippen LogP contribution in [-0.4, -0.2) is 36.2 Å². The summed E-state index contributed by atoms with van der Waals surface area (Å²) >= 11 is 0. The molecule has 1 atom stereocenters. The van der Waals surface area contributed by atoms with E-state index in [1.54, 1.807) is 0 Å². The maximum atomic E-state index is 14.5. The Balaban J connectivity index is 2.25. The van der Waals surface area contributed by atoms with Crippen LogP contribution in [0.3, 0.4) is 0 Å². The van der Waals surface area contributed by atoms with Gasteiger partial charge in [0.1, 0.15) is 11.4 Å². The summed E-state index contributed by atoms with van der Waals surface area (Å²) < 4.78 is 33.3. The predicted molar refractivity (Wildman–Crippen MR) is 80.0 cm³/mol. The van der Waals surface area contributed by atoms with Crippen LogP contribution in [0.25, 0.3) is 0 Å². The summed E-state index contributed by atoms with van der Waals surface area (Å²) in [7, 11) is 2.74. The van der Waals surface area contributed by atoms with Gasteiger partial charge in [-0.15, -0.1) is 0 Å². The van der Waals surface area contributed by atoms with Crippen molar-refractivity contribution in [1.29, 1.82) is 0 Å². The van der Waals surface area contributed by atoms with Crippen molar-refractivity contribution < 1.29 is 23.1 Å². The molecular weight excluding hydrogens is 322 g/mol. The SMILES string of the molecule is CNC(=O)c1[nH]nc2c1C(c1c(OC)ccc(F)c1F)CC(=O)N2. The fraction of sp³-hybridized carbons (Fsp3) is 0.267. The fourth-order valence-electron chi connectivity index (χ4n) is 2.85.